The number of nitrogen functional groups attached to an aromatic ring is 1. The van der Waals surface area contributed by atoms with Crippen molar-refractivity contribution in [3.63, 3.8) is 0 Å². The van der Waals surface area contributed by atoms with E-state index in [0.29, 0.717) is 21.1 Å². The number of fused-ring (bicyclic) bond motifs is 2. The first-order valence-electron chi connectivity index (χ1n) is 9.93. The zero-order chi connectivity index (χ0) is 20.5. The third-order valence-corrected chi connectivity index (χ3v) is 7.61. The average Bonchev–Trinajstić information content (AvgIpc) is 3.23. The molecule has 6 nitrogen and oxygen atoms in total. The quantitative estimate of drug-likeness (QED) is 0.536. The Hall–Kier alpha value is -2.45. The van der Waals surface area contributed by atoms with Gasteiger partial charge in [0.15, 0.2) is 0 Å². The standard InChI is InChI=1S/C21H24N4O2S2/c1-2-3-6-11-9-10-13-16(22)17(29-20(13)24-11)19(27)25-21-15(18(23)26)12-7-4-5-8-14(12)28-21/h9-10H,2-8,22H2,1H3,(H2,23,26)(H,25,27). The number of carbonyl (C=O) groups excluding carboxylic acids is 2. The molecule has 0 spiro atoms. The maximum absolute atomic E-state index is 13.0. The highest BCUT2D eigenvalue weighted by Crippen LogP contribution is 2.39. The Morgan fingerprint density at radius 3 is 2.76 bits per heavy atom. The number of hydrogen-bond donors (Lipinski definition) is 3. The normalized spacial score (nSPS) is 13.4. The van der Waals surface area contributed by atoms with E-state index in [2.05, 4.69) is 17.2 Å². The highest BCUT2D eigenvalue weighted by atomic mass is 32.1. The summed E-state index contributed by atoms with van der Waals surface area (Å²) < 4.78 is 0. The van der Waals surface area contributed by atoms with Gasteiger partial charge < -0.3 is 16.8 Å². The number of pyridine rings is 1. The van der Waals surface area contributed by atoms with Crippen molar-refractivity contribution >= 4 is 55.4 Å². The number of nitrogens with zero attached hydrogens (tertiary/aromatic N) is 1. The van der Waals surface area contributed by atoms with Crippen LogP contribution in [0.4, 0.5) is 10.7 Å². The fraction of sp³-hybridized carbons (Fsp3) is 0.381. The van der Waals surface area contributed by atoms with Gasteiger partial charge in [-0.25, -0.2) is 4.98 Å². The monoisotopic (exact) mass is 428 g/mol. The second-order valence-corrected chi connectivity index (χ2v) is 9.44. The summed E-state index contributed by atoms with van der Waals surface area (Å²) in [7, 11) is 0. The van der Waals surface area contributed by atoms with Crippen LogP contribution >= 0.6 is 22.7 Å². The number of hydrogen-bond acceptors (Lipinski definition) is 6. The lowest BCUT2D eigenvalue weighted by atomic mass is 9.95. The molecule has 0 atom stereocenters. The second kappa shape index (κ2) is 8.12. The van der Waals surface area contributed by atoms with E-state index >= 15 is 0 Å². The van der Waals surface area contributed by atoms with Crippen LogP contribution in [0.2, 0.25) is 0 Å². The summed E-state index contributed by atoms with van der Waals surface area (Å²) >= 11 is 2.74. The summed E-state index contributed by atoms with van der Waals surface area (Å²) in [5, 5.41) is 4.22. The fourth-order valence-electron chi connectivity index (χ4n) is 3.78. The molecule has 5 N–H and O–H groups in total. The first-order valence-corrected chi connectivity index (χ1v) is 11.6. The van der Waals surface area contributed by atoms with Crippen molar-refractivity contribution in [2.24, 2.45) is 5.73 Å². The largest absolute Gasteiger partial charge is 0.397 e. The topological polar surface area (TPSA) is 111 Å². The van der Waals surface area contributed by atoms with Gasteiger partial charge in [-0.05, 0) is 56.2 Å². The Morgan fingerprint density at radius 2 is 2.00 bits per heavy atom. The van der Waals surface area contributed by atoms with Crippen molar-refractivity contribution in [3.8, 4) is 0 Å². The van der Waals surface area contributed by atoms with Gasteiger partial charge in [0.2, 0.25) is 0 Å². The van der Waals surface area contributed by atoms with Crippen molar-refractivity contribution in [1.29, 1.82) is 0 Å². The molecule has 0 bridgehead atoms. The van der Waals surface area contributed by atoms with E-state index in [9.17, 15) is 9.59 Å². The van der Waals surface area contributed by atoms with Gasteiger partial charge in [-0.2, -0.15) is 0 Å². The minimum Gasteiger partial charge on any atom is -0.397 e. The molecule has 1 aliphatic rings. The molecule has 152 valence electrons. The van der Waals surface area contributed by atoms with Gasteiger partial charge in [-0.1, -0.05) is 13.3 Å². The van der Waals surface area contributed by atoms with Crippen LogP contribution in [-0.2, 0) is 19.3 Å². The average molecular weight is 429 g/mol. The number of carbonyl (C=O) groups is 2. The van der Waals surface area contributed by atoms with Crippen LogP contribution in [0.25, 0.3) is 10.2 Å². The van der Waals surface area contributed by atoms with E-state index in [4.69, 9.17) is 11.5 Å². The molecule has 2 amide bonds. The molecule has 3 heterocycles. The van der Waals surface area contributed by atoms with E-state index in [1.165, 1.54) is 22.7 Å². The molecular formula is C21H24N4O2S2. The Labute approximate surface area is 177 Å². The van der Waals surface area contributed by atoms with E-state index in [0.717, 1.165) is 71.3 Å². The first kappa shape index (κ1) is 19.8. The summed E-state index contributed by atoms with van der Waals surface area (Å²) in [5.74, 6) is -0.812. The predicted octanol–water partition coefficient (Wildman–Crippen LogP) is 4.51. The van der Waals surface area contributed by atoms with Crippen LogP contribution in [0.15, 0.2) is 12.1 Å². The number of unbranched alkanes of at least 4 members (excludes halogenated alkanes) is 1. The van der Waals surface area contributed by atoms with E-state index in [1.807, 2.05) is 12.1 Å². The van der Waals surface area contributed by atoms with Gasteiger partial charge >= 0.3 is 0 Å². The van der Waals surface area contributed by atoms with Gasteiger partial charge in [0, 0.05) is 16.0 Å². The summed E-state index contributed by atoms with van der Waals surface area (Å²) in [6.07, 6.45) is 6.97. The van der Waals surface area contributed by atoms with Crippen molar-refractivity contribution in [2.75, 3.05) is 11.1 Å². The molecule has 0 radical (unpaired) electrons. The summed E-state index contributed by atoms with van der Waals surface area (Å²) in [6.45, 7) is 2.15. The van der Waals surface area contributed by atoms with E-state index < -0.39 is 5.91 Å². The lowest BCUT2D eigenvalue weighted by Crippen LogP contribution is -2.18. The number of aromatic nitrogens is 1. The lowest BCUT2D eigenvalue weighted by molar-refractivity contribution is 0.100. The van der Waals surface area contributed by atoms with Gasteiger partial charge in [0.1, 0.15) is 14.7 Å². The van der Waals surface area contributed by atoms with Crippen LogP contribution in [0, 0.1) is 0 Å². The van der Waals surface area contributed by atoms with Crippen LogP contribution in [0.5, 0.6) is 0 Å². The molecule has 1 aliphatic carbocycles. The second-order valence-electron chi connectivity index (χ2n) is 7.34. The van der Waals surface area contributed by atoms with Gasteiger partial charge in [0.05, 0.1) is 11.3 Å². The van der Waals surface area contributed by atoms with Crippen LogP contribution in [-0.4, -0.2) is 16.8 Å². The number of anilines is 2. The van der Waals surface area contributed by atoms with Crippen LogP contribution < -0.4 is 16.8 Å². The van der Waals surface area contributed by atoms with E-state index in [1.54, 1.807) is 0 Å². The molecular weight excluding hydrogens is 404 g/mol. The van der Waals surface area contributed by atoms with Gasteiger partial charge in [0.25, 0.3) is 11.8 Å². The Balaban J connectivity index is 1.65. The molecule has 8 heteroatoms. The van der Waals surface area contributed by atoms with Gasteiger partial charge in [-0.15, -0.1) is 22.7 Å². The summed E-state index contributed by atoms with van der Waals surface area (Å²) in [6, 6.07) is 3.91. The zero-order valence-electron chi connectivity index (χ0n) is 16.3. The van der Waals surface area contributed by atoms with Crippen molar-refractivity contribution in [2.45, 2.75) is 51.9 Å². The first-order chi connectivity index (χ1) is 14.0. The number of nitrogens with one attached hydrogen (secondary N) is 1. The molecule has 0 fully saturated rings. The molecule has 3 aromatic rings. The molecule has 0 aliphatic heterocycles. The predicted molar refractivity (Wildman–Crippen MR) is 120 cm³/mol. The third-order valence-electron chi connectivity index (χ3n) is 5.29. The highest BCUT2D eigenvalue weighted by molar-refractivity contribution is 7.21. The molecule has 0 saturated heterocycles. The SMILES string of the molecule is CCCCc1ccc2c(N)c(C(=O)Nc3sc4c(c3C(N)=O)CCCC4)sc2n1. The number of amides is 2. The number of nitrogens with two attached hydrogens (primary N) is 2. The molecule has 3 aromatic heterocycles. The zero-order valence-corrected chi connectivity index (χ0v) is 18.0. The Kier molecular flexibility index (Phi) is 5.56. The van der Waals surface area contributed by atoms with Crippen molar-refractivity contribution in [3.05, 3.63) is 38.7 Å². The lowest BCUT2D eigenvalue weighted by Gasteiger charge is -2.11. The third kappa shape index (κ3) is 3.74. The van der Waals surface area contributed by atoms with Crippen molar-refractivity contribution < 1.29 is 9.59 Å². The molecule has 29 heavy (non-hydrogen) atoms. The summed E-state index contributed by atoms with van der Waals surface area (Å²) in [5.41, 5.74) is 14.8. The van der Waals surface area contributed by atoms with Crippen LogP contribution in [0.3, 0.4) is 0 Å². The maximum Gasteiger partial charge on any atom is 0.268 e. The number of aryl methyl sites for hydroxylation is 2. The summed E-state index contributed by atoms with van der Waals surface area (Å²) in [4.78, 5) is 32.0. The minimum absolute atomic E-state index is 0.318. The minimum atomic E-state index is -0.494. The fourth-order valence-corrected chi connectivity index (χ4v) is 6.07. The smallest absolute Gasteiger partial charge is 0.268 e. The Bertz CT molecular complexity index is 1100. The maximum atomic E-state index is 13.0. The highest BCUT2D eigenvalue weighted by Gasteiger charge is 2.26. The van der Waals surface area contributed by atoms with Gasteiger partial charge in [-0.3, -0.25) is 9.59 Å². The molecule has 0 unspecified atom stereocenters. The number of thiophene rings is 2. The number of rotatable bonds is 6. The van der Waals surface area contributed by atoms with Crippen molar-refractivity contribution in [1.82, 2.24) is 4.98 Å². The molecule has 0 aromatic carbocycles. The van der Waals surface area contributed by atoms with Crippen LogP contribution in [0.1, 0.15) is 68.8 Å². The molecule has 0 saturated carbocycles. The number of primary amides is 1. The Morgan fingerprint density at radius 1 is 1.21 bits per heavy atom. The molecule has 4 rings (SSSR count). The van der Waals surface area contributed by atoms with E-state index in [-0.39, 0.29) is 5.91 Å².